The zero-order chi connectivity index (χ0) is 17.0. The molecule has 0 bridgehead atoms. The molecule has 0 aliphatic rings. The van der Waals surface area contributed by atoms with Gasteiger partial charge in [-0.1, -0.05) is 46.4 Å². The van der Waals surface area contributed by atoms with Crippen molar-refractivity contribution in [1.29, 1.82) is 0 Å². The molecule has 23 heavy (non-hydrogen) atoms. The molecule has 0 aliphatic carbocycles. The molecule has 0 spiro atoms. The maximum Gasteiger partial charge on any atom is 0.233 e. The van der Waals surface area contributed by atoms with Crippen molar-refractivity contribution in [2.24, 2.45) is 0 Å². The van der Waals surface area contributed by atoms with Crippen molar-refractivity contribution in [3.63, 3.8) is 0 Å². The molecule has 0 aliphatic heterocycles. The Morgan fingerprint density at radius 2 is 1.43 bits per heavy atom. The first-order valence-corrected chi connectivity index (χ1v) is 7.86. The maximum absolute atomic E-state index is 11.9. The summed E-state index contributed by atoms with van der Waals surface area (Å²) in [6.45, 7) is 0. The van der Waals surface area contributed by atoms with Crippen molar-refractivity contribution in [3.05, 3.63) is 56.5 Å². The Labute approximate surface area is 152 Å². The summed E-state index contributed by atoms with van der Waals surface area (Å²) in [6.07, 6.45) is -0.386. The zero-order valence-corrected chi connectivity index (χ0v) is 14.5. The number of hydrogen-bond donors (Lipinski definition) is 2. The summed E-state index contributed by atoms with van der Waals surface area (Å²) in [4.78, 5) is 23.7. The summed E-state index contributed by atoms with van der Waals surface area (Å²) in [7, 11) is 0. The van der Waals surface area contributed by atoms with Gasteiger partial charge in [-0.3, -0.25) is 9.59 Å². The first kappa shape index (κ1) is 17.9. The number of carbonyl (C=O) groups is 2. The van der Waals surface area contributed by atoms with Crippen LogP contribution in [0.1, 0.15) is 6.42 Å². The first-order chi connectivity index (χ1) is 10.8. The van der Waals surface area contributed by atoms with E-state index in [1.165, 1.54) is 12.1 Å². The van der Waals surface area contributed by atoms with Gasteiger partial charge in [-0.25, -0.2) is 0 Å². The van der Waals surface area contributed by atoms with Crippen molar-refractivity contribution in [3.8, 4) is 0 Å². The first-order valence-electron chi connectivity index (χ1n) is 6.35. The minimum atomic E-state index is -0.522. The van der Waals surface area contributed by atoms with Gasteiger partial charge in [-0.2, -0.15) is 0 Å². The van der Waals surface area contributed by atoms with Gasteiger partial charge in [0.15, 0.2) is 0 Å². The molecule has 2 aromatic carbocycles. The van der Waals surface area contributed by atoms with E-state index < -0.39 is 11.8 Å². The van der Waals surface area contributed by atoms with Crippen LogP contribution in [0.15, 0.2) is 36.4 Å². The Balaban J connectivity index is 1.95. The fraction of sp³-hybridized carbons (Fsp3) is 0.0667. The molecule has 4 nitrogen and oxygen atoms in total. The molecule has 2 aromatic rings. The van der Waals surface area contributed by atoms with Crippen LogP contribution in [0.25, 0.3) is 0 Å². The molecule has 120 valence electrons. The molecule has 8 heteroatoms. The standard InChI is InChI=1S/C15H10Cl4N2O2/c16-8-1-3-11(18)13(5-8)21-15(23)7-14(22)20-9-2-4-10(17)12(19)6-9/h1-6H,7H2,(H,20,22)(H,21,23). The van der Waals surface area contributed by atoms with Crippen LogP contribution in [0.4, 0.5) is 11.4 Å². The Morgan fingerprint density at radius 1 is 0.783 bits per heavy atom. The van der Waals surface area contributed by atoms with Crippen molar-refractivity contribution in [1.82, 2.24) is 0 Å². The van der Waals surface area contributed by atoms with Crippen molar-refractivity contribution in [2.75, 3.05) is 10.6 Å². The van der Waals surface area contributed by atoms with Crippen LogP contribution in [0.5, 0.6) is 0 Å². The lowest BCUT2D eigenvalue weighted by Crippen LogP contribution is -2.21. The summed E-state index contributed by atoms with van der Waals surface area (Å²) in [5.41, 5.74) is 0.782. The number of carbonyl (C=O) groups excluding carboxylic acids is 2. The summed E-state index contributed by atoms with van der Waals surface area (Å²) in [5.74, 6) is -1.02. The van der Waals surface area contributed by atoms with Crippen molar-refractivity contribution >= 4 is 69.6 Å². The van der Waals surface area contributed by atoms with Gasteiger partial charge in [-0.05, 0) is 36.4 Å². The second kappa shape index (κ2) is 7.88. The molecule has 0 unspecified atom stereocenters. The molecule has 0 saturated carbocycles. The fourth-order valence-corrected chi connectivity index (χ4v) is 2.35. The quantitative estimate of drug-likeness (QED) is 0.697. The molecule has 2 rings (SSSR count). The zero-order valence-electron chi connectivity index (χ0n) is 11.5. The predicted molar refractivity (Wildman–Crippen MR) is 94.8 cm³/mol. The smallest absolute Gasteiger partial charge is 0.233 e. The van der Waals surface area contributed by atoms with E-state index in [9.17, 15) is 9.59 Å². The highest BCUT2D eigenvalue weighted by atomic mass is 35.5. The summed E-state index contributed by atoms with van der Waals surface area (Å²) in [5, 5.41) is 6.50. The van der Waals surface area contributed by atoms with E-state index in [1.54, 1.807) is 24.3 Å². The van der Waals surface area contributed by atoms with Crippen LogP contribution in [-0.2, 0) is 9.59 Å². The summed E-state index contributed by atoms with van der Waals surface area (Å²) >= 11 is 23.4. The van der Waals surface area contributed by atoms with Crippen LogP contribution in [-0.4, -0.2) is 11.8 Å². The van der Waals surface area contributed by atoms with Crippen LogP contribution < -0.4 is 10.6 Å². The van der Waals surface area contributed by atoms with E-state index in [2.05, 4.69) is 10.6 Å². The molecule has 2 N–H and O–H groups in total. The molecule has 0 radical (unpaired) electrons. The van der Waals surface area contributed by atoms with Gasteiger partial charge in [0.05, 0.1) is 20.8 Å². The van der Waals surface area contributed by atoms with E-state index in [0.29, 0.717) is 31.5 Å². The van der Waals surface area contributed by atoms with Crippen LogP contribution in [0.3, 0.4) is 0 Å². The molecule has 0 fully saturated rings. The van der Waals surface area contributed by atoms with E-state index >= 15 is 0 Å². The van der Waals surface area contributed by atoms with E-state index in [1.807, 2.05) is 0 Å². The van der Waals surface area contributed by atoms with Gasteiger partial charge in [0, 0.05) is 10.7 Å². The third-order valence-corrected chi connectivity index (χ3v) is 4.03. The van der Waals surface area contributed by atoms with Gasteiger partial charge in [-0.15, -0.1) is 0 Å². The molecular formula is C15H10Cl4N2O2. The number of benzene rings is 2. The number of hydrogen-bond acceptors (Lipinski definition) is 2. The lowest BCUT2D eigenvalue weighted by molar-refractivity contribution is -0.123. The van der Waals surface area contributed by atoms with Gasteiger partial charge >= 0.3 is 0 Å². The number of halogens is 4. The third-order valence-electron chi connectivity index (χ3n) is 2.73. The van der Waals surface area contributed by atoms with Crippen molar-refractivity contribution < 1.29 is 9.59 Å². The minimum absolute atomic E-state index is 0.305. The highest BCUT2D eigenvalue weighted by Crippen LogP contribution is 2.26. The summed E-state index contributed by atoms with van der Waals surface area (Å²) in [6, 6.07) is 9.27. The Bertz CT molecular complexity index is 765. The average molecular weight is 392 g/mol. The topological polar surface area (TPSA) is 58.2 Å². The number of rotatable bonds is 4. The molecular weight excluding hydrogens is 382 g/mol. The minimum Gasteiger partial charge on any atom is -0.326 e. The normalized spacial score (nSPS) is 10.3. The highest BCUT2D eigenvalue weighted by Gasteiger charge is 2.12. The van der Waals surface area contributed by atoms with Crippen LogP contribution >= 0.6 is 46.4 Å². The monoisotopic (exact) mass is 390 g/mol. The number of anilines is 2. The molecule has 0 saturated heterocycles. The highest BCUT2D eigenvalue weighted by molar-refractivity contribution is 6.42. The lowest BCUT2D eigenvalue weighted by Gasteiger charge is -2.09. The van der Waals surface area contributed by atoms with Crippen LogP contribution in [0.2, 0.25) is 20.1 Å². The Hall–Kier alpha value is -1.46. The molecule has 0 heterocycles. The Kier molecular flexibility index (Phi) is 6.13. The molecule has 2 amide bonds. The third kappa shape index (κ3) is 5.29. The van der Waals surface area contributed by atoms with E-state index in [4.69, 9.17) is 46.4 Å². The fourth-order valence-electron chi connectivity index (χ4n) is 1.71. The van der Waals surface area contributed by atoms with E-state index in [-0.39, 0.29) is 6.42 Å². The predicted octanol–water partition coefficient (Wildman–Crippen LogP) is 5.27. The molecule has 0 atom stereocenters. The van der Waals surface area contributed by atoms with Gasteiger partial charge in [0.25, 0.3) is 0 Å². The number of amides is 2. The van der Waals surface area contributed by atoms with Gasteiger partial charge < -0.3 is 10.6 Å². The SMILES string of the molecule is O=C(CC(=O)Nc1cc(Cl)ccc1Cl)Nc1ccc(Cl)c(Cl)c1. The summed E-state index contributed by atoms with van der Waals surface area (Å²) < 4.78 is 0. The van der Waals surface area contributed by atoms with Crippen LogP contribution in [0, 0.1) is 0 Å². The maximum atomic E-state index is 11.9. The number of nitrogens with one attached hydrogen (secondary N) is 2. The second-order valence-corrected chi connectivity index (χ2v) is 6.18. The van der Waals surface area contributed by atoms with E-state index in [0.717, 1.165) is 0 Å². The van der Waals surface area contributed by atoms with Crippen molar-refractivity contribution in [2.45, 2.75) is 6.42 Å². The lowest BCUT2D eigenvalue weighted by atomic mass is 10.2. The Morgan fingerprint density at radius 3 is 2.13 bits per heavy atom. The average Bonchev–Trinajstić information content (AvgIpc) is 2.46. The van der Waals surface area contributed by atoms with Gasteiger partial charge in [0.1, 0.15) is 6.42 Å². The van der Waals surface area contributed by atoms with Gasteiger partial charge in [0.2, 0.25) is 11.8 Å². The largest absolute Gasteiger partial charge is 0.326 e. The second-order valence-electron chi connectivity index (χ2n) is 4.53. The molecule has 0 aromatic heterocycles.